The molecule has 3 aromatic rings. The topological polar surface area (TPSA) is 99.9 Å². The van der Waals surface area contributed by atoms with Gasteiger partial charge in [-0.1, -0.05) is 11.6 Å². The first-order valence-corrected chi connectivity index (χ1v) is 9.95. The Balaban J connectivity index is 1.84. The number of nitro benzene ring substituents is 1. The van der Waals surface area contributed by atoms with Crippen LogP contribution in [0.1, 0.15) is 5.56 Å². The van der Waals surface area contributed by atoms with Crippen LogP contribution in [0.5, 0.6) is 17.2 Å². The third-order valence-corrected chi connectivity index (χ3v) is 4.71. The van der Waals surface area contributed by atoms with E-state index in [9.17, 15) is 32.5 Å². The highest BCUT2D eigenvalue weighted by atomic mass is 35.5. The summed E-state index contributed by atoms with van der Waals surface area (Å²) in [5.74, 6) is -2.41. The van der Waals surface area contributed by atoms with Crippen LogP contribution in [-0.4, -0.2) is 24.6 Å². The van der Waals surface area contributed by atoms with Crippen LogP contribution in [0.4, 0.5) is 34.6 Å². The van der Waals surface area contributed by atoms with Crippen LogP contribution in [0, 0.1) is 15.9 Å². The number of carbonyl (C=O) groups is 1. The van der Waals surface area contributed by atoms with E-state index in [0.29, 0.717) is 17.5 Å². The van der Waals surface area contributed by atoms with Crippen LogP contribution in [-0.2, 0) is 15.7 Å². The van der Waals surface area contributed by atoms with Gasteiger partial charge in [-0.2, -0.15) is 13.2 Å². The molecule has 0 aromatic heterocycles. The van der Waals surface area contributed by atoms with Crippen LogP contribution in [0.3, 0.4) is 0 Å². The Kier molecular flexibility index (Phi) is 7.65. The molecule has 0 spiro atoms. The van der Waals surface area contributed by atoms with Crippen LogP contribution in [0.25, 0.3) is 0 Å². The standard InChI is InChI=1S/C22H15ClF4N2O6/c1-33-20(30)11-34-14-4-2-13(3-5-14)28-18-10-15(6-7-19(18)29(31)32)35-21-16(23)8-12(9-17(21)24)22(25,26)27/h2-10,28H,11H2,1H3. The Morgan fingerprint density at radius 3 is 2.31 bits per heavy atom. The predicted molar refractivity (Wildman–Crippen MR) is 117 cm³/mol. The monoisotopic (exact) mass is 514 g/mol. The summed E-state index contributed by atoms with van der Waals surface area (Å²) in [6.07, 6.45) is -4.81. The van der Waals surface area contributed by atoms with Crippen molar-refractivity contribution >= 4 is 34.6 Å². The van der Waals surface area contributed by atoms with Crippen LogP contribution in [0.15, 0.2) is 54.6 Å². The lowest BCUT2D eigenvalue weighted by molar-refractivity contribution is -0.383. The number of ether oxygens (including phenoxy) is 3. The second-order valence-electron chi connectivity index (χ2n) is 6.82. The van der Waals surface area contributed by atoms with E-state index in [-0.39, 0.29) is 29.8 Å². The SMILES string of the molecule is COC(=O)COc1ccc(Nc2cc(Oc3c(F)cc(C(F)(F)F)cc3Cl)ccc2[N+](=O)[O-])cc1. The molecule has 0 aliphatic heterocycles. The fourth-order valence-corrected chi connectivity index (χ4v) is 3.01. The summed E-state index contributed by atoms with van der Waals surface area (Å²) < 4.78 is 67.8. The molecule has 0 heterocycles. The van der Waals surface area contributed by atoms with E-state index in [1.807, 2.05) is 0 Å². The molecule has 35 heavy (non-hydrogen) atoms. The molecule has 184 valence electrons. The molecule has 0 radical (unpaired) electrons. The average molecular weight is 515 g/mol. The highest BCUT2D eigenvalue weighted by molar-refractivity contribution is 6.32. The van der Waals surface area contributed by atoms with Gasteiger partial charge in [-0.05, 0) is 42.5 Å². The molecule has 0 fully saturated rings. The lowest BCUT2D eigenvalue weighted by Crippen LogP contribution is -2.12. The second-order valence-corrected chi connectivity index (χ2v) is 7.23. The highest BCUT2D eigenvalue weighted by Crippen LogP contribution is 2.40. The Morgan fingerprint density at radius 2 is 1.74 bits per heavy atom. The van der Waals surface area contributed by atoms with Crippen molar-refractivity contribution in [3.63, 3.8) is 0 Å². The number of nitrogens with zero attached hydrogens (tertiary/aromatic N) is 1. The maximum absolute atomic E-state index is 14.3. The van der Waals surface area contributed by atoms with Crippen LogP contribution in [0.2, 0.25) is 5.02 Å². The van der Waals surface area contributed by atoms with Gasteiger partial charge >= 0.3 is 12.1 Å². The maximum Gasteiger partial charge on any atom is 0.416 e. The smallest absolute Gasteiger partial charge is 0.416 e. The van der Waals surface area contributed by atoms with E-state index in [1.54, 1.807) is 0 Å². The molecule has 13 heteroatoms. The third kappa shape index (κ3) is 6.51. The molecule has 0 aliphatic carbocycles. The summed E-state index contributed by atoms with van der Waals surface area (Å²) in [6.45, 7) is -0.308. The quantitative estimate of drug-likeness (QED) is 0.159. The van der Waals surface area contributed by atoms with E-state index >= 15 is 0 Å². The summed E-state index contributed by atoms with van der Waals surface area (Å²) in [4.78, 5) is 21.9. The molecule has 0 saturated carbocycles. The number of anilines is 2. The number of methoxy groups -OCH3 is 1. The first kappa shape index (κ1) is 25.6. The Labute approximate surface area is 200 Å². The Hall–Kier alpha value is -4.06. The number of hydrogen-bond acceptors (Lipinski definition) is 7. The Bertz CT molecular complexity index is 1230. The number of benzene rings is 3. The molecule has 0 amide bonds. The van der Waals surface area contributed by atoms with Gasteiger partial charge in [0.25, 0.3) is 5.69 Å². The van der Waals surface area contributed by atoms with Crippen molar-refractivity contribution in [3.8, 4) is 17.2 Å². The largest absolute Gasteiger partial charge is 0.482 e. The van der Waals surface area contributed by atoms with Crippen molar-refractivity contribution in [3.05, 3.63) is 81.1 Å². The minimum atomic E-state index is -4.81. The number of nitro groups is 1. The first-order chi connectivity index (χ1) is 16.5. The zero-order valence-electron chi connectivity index (χ0n) is 17.7. The first-order valence-electron chi connectivity index (χ1n) is 9.57. The van der Waals surface area contributed by atoms with Crippen molar-refractivity contribution in [2.24, 2.45) is 0 Å². The summed E-state index contributed by atoms with van der Waals surface area (Å²) in [6, 6.07) is 10.1. The molecular formula is C22H15ClF4N2O6. The molecule has 0 atom stereocenters. The van der Waals surface area contributed by atoms with Gasteiger partial charge < -0.3 is 19.5 Å². The molecule has 3 aromatic carbocycles. The molecule has 3 rings (SSSR count). The Morgan fingerprint density at radius 1 is 1.09 bits per heavy atom. The van der Waals surface area contributed by atoms with Gasteiger partial charge in [0.15, 0.2) is 18.2 Å². The lowest BCUT2D eigenvalue weighted by atomic mass is 10.2. The molecule has 0 bridgehead atoms. The number of hydrogen-bond donors (Lipinski definition) is 1. The van der Waals surface area contributed by atoms with Crippen molar-refractivity contribution < 1.29 is 41.5 Å². The van der Waals surface area contributed by atoms with Crippen LogP contribution >= 0.6 is 11.6 Å². The fraction of sp³-hybridized carbons (Fsp3) is 0.136. The number of esters is 1. The van der Waals surface area contributed by atoms with Crippen LogP contribution < -0.4 is 14.8 Å². The van der Waals surface area contributed by atoms with Crippen molar-refractivity contribution in [1.82, 2.24) is 0 Å². The van der Waals surface area contributed by atoms with Gasteiger partial charge in [-0.3, -0.25) is 10.1 Å². The molecule has 1 N–H and O–H groups in total. The van der Waals surface area contributed by atoms with E-state index < -0.39 is 39.2 Å². The van der Waals surface area contributed by atoms with E-state index in [4.69, 9.17) is 21.1 Å². The van der Waals surface area contributed by atoms with Gasteiger partial charge in [-0.15, -0.1) is 0 Å². The van der Waals surface area contributed by atoms with Crippen molar-refractivity contribution in [1.29, 1.82) is 0 Å². The van der Waals surface area contributed by atoms with Crippen molar-refractivity contribution in [2.45, 2.75) is 6.18 Å². The summed E-state index contributed by atoms with van der Waals surface area (Å²) in [7, 11) is 1.21. The van der Waals surface area contributed by atoms with Gasteiger partial charge in [0.2, 0.25) is 0 Å². The highest BCUT2D eigenvalue weighted by Gasteiger charge is 2.32. The van der Waals surface area contributed by atoms with Gasteiger partial charge in [0.05, 0.1) is 22.6 Å². The third-order valence-electron chi connectivity index (χ3n) is 4.43. The molecule has 8 nitrogen and oxygen atoms in total. The number of rotatable bonds is 8. The minimum absolute atomic E-state index is 0.0563. The van der Waals surface area contributed by atoms with Crippen molar-refractivity contribution in [2.75, 3.05) is 19.0 Å². The summed E-state index contributed by atoms with van der Waals surface area (Å²) >= 11 is 5.78. The molecule has 0 aliphatic rings. The maximum atomic E-state index is 14.3. The minimum Gasteiger partial charge on any atom is -0.482 e. The molecule has 0 saturated heterocycles. The number of nitrogens with one attached hydrogen (secondary N) is 1. The van der Waals surface area contributed by atoms with Gasteiger partial charge in [0.1, 0.15) is 17.2 Å². The van der Waals surface area contributed by atoms with Gasteiger partial charge in [0, 0.05) is 17.8 Å². The number of carbonyl (C=O) groups excluding carboxylic acids is 1. The summed E-state index contributed by atoms with van der Waals surface area (Å²) in [5.41, 5.74) is -1.33. The van der Waals surface area contributed by atoms with E-state index in [1.165, 1.54) is 31.4 Å². The normalized spacial score (nSPS) is 11.0. The molecule has 0 unspecified atom stereocenters. The lowest BCUT2D eigenvalue weighted by Gasteiger charge is -2.14. The second kappa shape index (κ2) is 10.5. The average Bonchev–Trinajstić information content (AvgIpc) is 2.80. The zero-order valence-corrected chi connectivity index (χ0v) is 18.4. The zero-order chi connectivity index (χ0) is 25.8. The van der Waals surface area contributed by atoms with E-state index in [0.717, 1.165) is 18.2 Å². The predicted octanol–water partition coefficient (Wildman–Crippen LogP) is 6.49. The van der Waals surface area contributed by atoms with E-state index in [2.05, 4.69) is 10.1 Å². The number of halogens is 5. The molecular weight excluding hydrogens is 500 g/mol. The van der Waals surface area contributed by atoms with Gasteiger partial charge in [-0.25, -0.2) is 9.18 Å². The summed E-state index contributed by atoms with van der Waals surface area (Å²) in [5, 5.41) is 13.6. The number of alkyl halides is 3. The fourth-order valence-electron chi connectivity index (χ4n) is 2.77.